The molecule has 0 spiro atoms. The predicted octanol–water partition coefficient (Wildman–Crippen LogP) is 2.16. The fourth-order valence-corrected chi connectivity index (χ4v) is 2.82. The third kappa shape index (κ3) is 3.93. The summed E-state index contributed by atoms with van der Waals surface area (Å²) in [7, 11) is -2.15. The Morgan fingerprint density at radius 2 is 1.64 bits per heavy atom. The predicted molar refractivity (Wildman–Crippen MR) is 83.7 cm³/mol. The van der Waals surface area contributed by atoms with Crippen molar-refractivity contribution in [3.05, 3.63) is 59.7 Å². The van der Waals surface area contributed by atoms with Crippen molar-refractivity contribution in [2.24, 2.45) is 0 Å². The molecule has 0 atom stereocenters. The number of ketones is 1. The van der Waals surface area contributed by atoms with Gasteiger partial charge in [0.15, 0.2) is 5.78 Å². The zero-order chi connectivity index (χ0) is 16.2. The largest absolute Gasteiger partial charge is 0.497 e. The quantitative estimate of drug-likeness (QED) is 0.828. The average molecular weight is 319 g/mol. The van der Waals surface area contributed by atoms with Gasteiger partial charge in [-0.1, -0.05) is 17.7 Å². The summed E-state index contributed by atoms with van der Waals surface area (Å²) >= 11 is 0. The molecule has 0 heterocycles. The lowest BCUT2D eigenvalue weighted by Crippen LogP contribution is -2.29. The Labute approximate surface area is 130 Å². The molecule has 2 aromatic carbocycles. The number of methoxy groups -OCH3 is 1. The zero-order valence-corrected chi connectivity index (χ0v) is 13.2. The molecule has 0 saturated heterocycles. The summed E-state index contributed by atoms with van der Waals surface area (Å²) in [5.74, 6) is 0.329. The minimum Gasteiger partial charge on any atom is -0.497 e. The number of rotatable bonds is 6. The monoisotopic (exact) mass is 319 g/mol. The van der Waals surface area contributed by atoms with E-state index in [0.29, 0.717) is 11.3 Å². The smallest absolute Gasteiger partial charge is 0.240 e. The Bertz CT molecular complexity index is 750. The Kier molecular flexibility index (Phi) is 4.95. The van der Waals surface area contributed by atoms with Gasteiger partial charge in [0.25, 0.3) is 0 Å². The summed E-state index contributed by atoms with van der Waals surface area (Å²) in [6.07, 6.45) is 0. The summed E-state index contributed by atoms with van der Waals surface area (Å²) in [5.41, 5.74) is 1.39. The molecule has 0 aliphatic carbocycles. The second kappa shape index (κ2) is 6.72. The van der Waals surface area contributed by atoms with Crippen molar-refractivity contribution in [2.75, 3.05) is 13.7 Å². The maximum atomic E-state index is 12.1. The van der Waals surface area contributed by atoms with Crippen molar-refractivity contribution in [3.63, 3.8) is 0 Å². The van der Waals surface area contributed by atoms with E-state index in [1.807, 2.05) is 6.92 Å². The van der Waals surface area contributed by atoms with Crippen molar-refractivity contribution < 1.29 is 17.9 Å². The first-order chi connectivity index (χ1) is 10.4. The van der Waals surface area contributed by atoms with E-state index >= 15 is 0 Å². The van der Waals surface area contributed by atoms with E-state index in [9.17, 15) is 13.2 Å². The van der Waals surface area contributed by atoms with E-state index in [-0.39, 0.29) is 17.2 Å². The van der Waals surface area contributed by atoms with Crippen molar-refractivity contribution in [2.45, 2.75) is 11.8 Å². The molecule has 0 unspecified atom stereocenters. The van der Waals surface area contributed by atoms with E-state index < -0.39 is 10.0 Å². The summed E-state index contributed by atoms with van der Waals surface area (Å²) in [5, 5.41) is 0. The maximum Gasteiger partial charge on any atom is 0.240 e. The van der Waals surface area contributed by atoms with Gasteiger partial charge in [0.1, 0.15) is 5.75 Å². The number of carbonyl (C=O) groups excluding carboxylic acids is 1. The topological polar surface area (TPSA) is 72.5 Å². The van der Waals surface area contributed by atoms with Crippen LogP contribution in [-0.2, 0) is 10.0 Å². The van der Waals surface area contributed by atoms with Gasteiger partial charge in [-0.25, -0.2) is 13.1 Å². The van der Waals surface area contributed by atoms with Crippen LogP contribution in [-0.4, -0.2) is 27.9 Å². The van der Waals surface area contributed by atoms with E-state index in [1.54, 1.807) is 36.4 Å². The first-order valence-electron chi connectivity index (χ1n) is 6.66. The van der Waals surface area contributed by atoms with Gasteiger partial charge in [-0.15, -0.1) is 0 Å². The second-order valence-corrected chi connectivity index (χ2v) is 6.56. The number of Topliss-reactive ketones (excluding diaryl/α,β-unsaturated/α-hetero) is 1. The molecule has 0 aliphatic rings. The second-order valence-electron chi connectivity index (χ2n) is 4.79. The van der Waals surface area contributed by atoms with Gasteiger partial charge in [0.05, 0.1) is 18.6 Å². The van der Waals surface area contributed by atoms with E-state index in [4.69, 9.17) is 4.74 Å². The number of ether oxygens (including phenoxy) is 1. The first kappa shape index (κ1) is 16.2. The highest BCUT2D eigenvalue weighted by Gasteiger charge is 2.16. The molecule has 0 aromatic heterocycles. The van der Waals surface area contributed by atoms with Gasteiger partial charge >= 0.3 is 0 Å². The van der Waals surface area contributed by atoms with Gasteiger partial charge in [0.2, 0.25) is 10.0 Å². The van der Waals surface area contributed by atoms with Gasteiger partial charge in [-0.05, 0) is 43.3 Å². The lowest BCUT2D eigenvalue weighted by Gasteiger charge is -2.07. The van der Waals surface area contributed by atoms with Crippen molar-refractivity contribution in [1.29, 1.82) is 0 Å². The number of sulfonamides is 1. The molecular weight excluding hydrogens is 302 g/mol. The van der Waals surface area contributed by atoms with Crippen LogP contribution in [0.15, 0.2) is 53.4 Å². The van der Waals surface area contributed by atoms with E-state index in [1.165, 1.54) is 19.2 Å². The SMILES string of the molecule is COc1ccc(C(=O)CNS(=O)(=O)c2ccc(C)cc2)cc1. The molecular formula is C16H17NO4S. The van der Waals surface area contributed by atoms with Crippen LogP contribution < -0.4 is 9.46 Å². The third-order valence-corrected chi connectivity index (χ3v) is 4.58. The van der Waals surface area contributed by atoms with Crippen LogP contribution in [0.3, 0.4) is 0 Å². The van der Waals surface area contributed by atoms with E-state index in [0.717, 1.165) is 5.56 Å². The number of hydrogen-bond donors (Lipinski definition) is 1. The van der Waals surface area contributed by atoms with Crippen LogP contribution in [0.5, 0.6) is 5.75 Å². The highest BCUT2D eigenvalue weighted by atomic mass is 32.2. The van der Waals surface area contributed by atoms with Crippen LogP contribution in [0.2, 0.25) is 0 Å². The number of carbonyl (C=O) groups is 1. The minimum atomic E-state index is -3.69. The Balaban J connectivity index is 2.04. The summed E-state index contributed by atoms with van der Waals surface area (Å²) < 4.78 is 31.5. The molecule has 2 aromatic rings. The molecule has 0 aliphatic heterocycles. The first-order valence-corrected chi connectivity index (χ1v) is 8.14. The molecule has 0 saturated carbocycles. The molecule has 0 amide bonds. The molecule has 0 fully saturated rings. The summed E-state index contributed by atoms with van der Waals surface area (Å²) in [4.78, 5) is 12.1. The molecule has 6 heteroatoms. The summed E-state index contributed by atoms with van der Waals surface area (Å²) in [6, 6.07) is 12.9. The Morgan fingerprint density at radius 3 is 2.18 bits per heavy atom. The standard InChI is InChI=1S/C16H17NO4S/c1-12-3-9-15(10-4-12)22(19,20)17-11-16(18)13-5-7-14(21-2)8-6-13/h3-10,17H,11H2,1-2H3. The normalized spacial score (nSPS) is 11.2. The highest BCUT2D eigenvalue weighted by molar-refractivity contribution is 7.89. The van der Waals surface area contributed by atoms with E-state index in [2.05, 4.69) is 4.72 Å². The van der Waals surface area contributed by atoms with Crippen LogP contribution >= 0.6 is 0 Å². The Morgan fingerprint density at radius 1 is 1.05 bits per heavy atom. The van der Waals surface area contributed by atoms with Gasteiger partial charge in [-0.3, -0.25) is 4.79 Å². The summed E-state index contributed by atoms with van der Waals surface area (Å²) in [6.45, 7) is 1.58. The molecule has 1 N–H and O–H groups in total. The van der Waals surface area contributed by atoms with Crippen molar-refractivity contribution >= 4 is 15.8 Å². The van der Waals surface area contributed by atoms with Gasteiger partial charge < -0.3 is 4.74 Å². The van der Waals surface area contributed by atoms with Crippen LogP contribution in [0.1, 0.15) is 15.9 Å². The molecule has 22 heavy (non-hydrogen) atoms. The fourth-order valence-electron chi connectivity index (χ4n) is 1.84. The third-order valence-electron chi connectivity index (χ3n) is 3.17. The number of hydrogen-bond acceptors (Lipinski definition) is 4. The van der Waals surface area contributed by atoms with Gasteiger partial charge in [-0.2, -0.15) is 0 Å². The van der Waals surface area contributed by atoms with Crippen LogP contribution in [0, 0.1) is 6.92 Å². The highest BCUT2D eigenvalue weighted by Crippen LogP contribution is 2.12. The maximum absolute atomic E-state index is 12.1. The number of benzene rings is 2. The fraction of sp³-hybridized carbons (Fsp3) is 0.188. The zero-order valence-electron chi connectivity index (χ0n) is 12.4. The van der Waals surface area contributed by atoms with Crippen molar-refractivity contribution in [3.8, 4) is 5.75 Å². The molecule has 5 nitrogen and oxygen atoms in total. The minimum absolute atomic E-state index is 0.139. The van der Waals surface area contributed by atoms with Crippen molar-refractivity contribution in [1.82, 2.24) is 4.72 Å². The van der Waals surface area contributed by atoms with Crippen LogP contribution in [0.4, 0.5) is 0 Å². The van der Waals surface area contributed by atoms with Crippen LogP contribution in [0.25, 0.3) is 0 Å². The average Bonchev–Trinajstić information content (AvgIpc) is 2.53. The van der Waals surface area contributed by atoms with Gasteiger partial charge in [0, 0.05) is 5.56 Å². The number of aryl methyl sites for hydroxylation is 1. The number of nitrogens with one attached hydrogen (secondary N) is 1. The molecule has 2 rings (SSSR count). The lowest BCUT2D eigenvalue weighted by atomic mass is 10.1. The molecule has 0 bridgehead atoms. The Hall–Kier alpha value is -2.18. The molecule has 116 valence electrons. The molecule has 0 radical (unpaired) electrons. The lowest BCUT2D eigenvalue weighted by molar-refractivity contribution is 0.0997.